The molecular formula is C23H30N4OS. The van der Waals surface area contributed by atoms with Gasteiger partial charge < -0.3 is 10.2 Å². The van der Waals surface area contributed by atoms with Crippen molar-refractivity contribution in [3.8, 4) is 0 Å². The molecule has 0 saturated heterocycles. The Hall–Kier alpha value is -2.47. The minimum absolute atomic E-state index is 0.0348. The Kier molecular flexibility index (Phi) is 6.22. The zero-order valence-corrected chi connectivity index (χ0v) is 19.1. The molecule has 154 valence electrons. The standard InChI is InChI=1S/C23H30N4OS/c1-8-14(4)24-22(28)20-15(5)19-21(25-16(6)26-23(19)29-20)27(7)18-11-9-17(10-12-18)13(2)3/h9-14H,8H2,1-7H3,(H,24,28). The molecule has 3 rings (SSSR count). The number of benzene rings is 1. The van der Waals surface area contributed by atoms with Gasteiger partial charge in [-0.3, -0.25) is 4.79 Å². The van der Waals surface area contributed by atoms with Crippen molar-refractivity contribution in [2.75, 3.05) is 11.9 Å². The molecule has 1 amide bonds. The fraction of sp³-hybridized carbons (Fsp3) is 0.435. The van der Waals surface area contributed by atoms with E-state index in [-0.39, 0.29) is 11.9 Å². The molecule has 29 heavy (non-hydrogen) atoms. The van der Waals surface area contributed by atoms with Gasteiger partial charge in [-0.2, -0.15) is 0 Å². The quantitative estimate of drug-likeness (QED) is 0.564. The predicted octanol–water partition coefficient (Wildman–Crippen LogP) is 5.73. The highest BCUT2D eigenvalue weighted by Crippen LogP contribution is 2.37. The van der Waals surface area contributed by atoms with E-state index in [4.69, 9.17) is 4.98 Å². The second kappa shape index (κ2) is 8.49. The lowest BCUT2D eigenvalue weighted by Gasteiger charge is -2.21. The van der Waals surface area contributed by atoms with Crippen molar-refractivity contribution in [1.82, 2.24) is 15.3 Å². The van der Waals surface area contributed by atoms with Gasteiger partial charge in [-0.15, -0.1) is 11.3 Å². The molecule has 0 aliphatic rings. The van der Waals surface area contributed by atoms with E-state index in [0.29, 0.717) is 16.6 Å². The number of amides is 1. The Morgan fingerprint density at radius 3 is 2.38 bits per heavy atom. The Balaban J connectivity index is 2.06. The second-order valence-electron chi connectivity index (χ2n) is 7.92. The Labute approximate surface area is 177 Å². The van der Waals surface area contributed by atoms with E-state index in [2.05, 4.69) is 60.2 Å². The van der Waals surface area contributed by atoms with Gasteiger partial charge in [-0.1, -0.05) is 32.9 Å². The van der Waals surface area contributed by atoms with Crippen molar-refractivity contribution in [2.45, 2.75) is 59.9 Å². The van der Waals surface area contributed by atoms with E-state index in [1.54, 1.807) is 0 Å². The van der Waals surface area contributed by atoms with Gasteiger partial charge >= 0.3 is 0 Å². The smallest absolute Gasteiger partial charge is 0.261 e. The fourth-order valence-corrected chi connectivity index (χ4v) is 4.40. The van der Waals surface area contributed by atoms with Crippen LogP contribution < -0.4 is 10.2 Å². The third-order valence-electron chi connectivity index (χ3n) is 5.34. The molecule has 6 heteroatoms. The molecule has 2 heterocycles. The van der Waals surface area contributed by atoms with Crippen LogP contribution in [-0.2, 0) is 0 Å². The maximum Gasteiger partial charge on any atom is 0.261 e. The first kappa shape index (κ1) is 21.2. The van der Waals surface area contributed by atoms with Gasteiger partial charge in [0.1, 0.15) is 16.5 Å². The summed E-state index contributed by atoms with van der Waals surface area (Å²) in [6.07, 6.45) is 0.898. The highest BCUT2D eigenvalue weighted by atomic mass is 32.1. The van der Waals surface area contributed by atoms with Crippen LogP contribution in [0.2, 0.25) is 0 Å². The molecule has 0 aliphatic heterocycles. The van der Waals surface area contributed by atoms with Crippen LogP contribution in [0.4, 0.5) is 11.5 Å². The van der Waals surface area contributed by atoms with Crippen LogP contribution >= 0.6 is 11.3 Å². The Bertz CT molecular complexity index is 1020. The maximum absolute atomic E-state index is 12.8. The number of aromatic nitrogens is 2. The minimum atomic E-state index is -0.0348. The summed E-state index contributed by atoms with van der Waals surface area (Å²) in [7, 11) is 2.02. The van der Waals surface area contributed by atoms with E-state index in [9.17, 15) is 4.79 Å². The minimum Gasteiger partial charge on any atom is -0.349 e. The van der Waals surface area contributed by atoms with Crippen LogP contribution in [0.5, 0.6) is 0 Å². The van der Waals surface area contributed by atoms with Gasteiger partial charge in [0, 0.05) is 18.8 Å². The Morgan fingerprint density at radius 2 is 1.79 bits per heavy atom. The number of carbonyl (C=O) groups is 1. The zero-order valence-electron chi connectivity index (χ0n) is 18.3. The number of fused-ring (bicyclic) bond motifs is 1. The number of nitrogens with zero attached hydrogens (tertiary/aromatic N) is 3. The van der Waals surface area contributed by atoms with E-state index < -0.39 is 0 Å². The van der Waals surface area contributed by atoms with Crippen molar-refractivity contribution in [1.29, 1.82) is 0 Å². The summed E-state index contributed by atoms with van der Waals surface area (Å²) in [4.78, 5) is 25.8. The SMILES string of the molecule is CCC(C)NC(=O)c1sc2nc(C)nc(N(C)c3ccc(C(C)C)cc3)c2c1C. The monoisotopic (exact) mass is 410 g/mol. The molecular weight excluding hydrogens is 380 g/mol. The molecule has 0 saturated carbocycles. The number of hydrogen-bond donors (Lipinski definition) is 1. The third kappa shape index (κ3) is 4.27. The summed E-state index contributed by atoms with van der Waals surface area (Å²) in [6, 6.07) is 8.70. The first-order chi connectivity index (χ1) is 13.7. The molecule has 0 fully saturated rings. The van der Waals surface area contributed by atoms with Gasteiger partial charge in [-0.05, 0) is 56.4 Å². The average molecular weight is 411 g/mol. The number of carbonyl (C=O) groups excluding carboxylic acids is 1. The average Bonchev–Trinajstić information content (AvgIpc) is 3.03. The molecule has 1 unspecified atom stereocenters. The van der Waals surface area contributed by atoms with Crippen LogP contribution in [0.15, 0.2) is 24.3 Å². The van der Waals surface area contributed by atoms with Gasteiger partial charge in [0.15, 0.2) is 0 Å². The molecule has 0 aliphatic carbocycles. The molecule has 0 bridgehead atoms. The van der Waals surface area contributed by atoms with E-state index >= 15 is 0 Å². The van der Waals surface area contributed by atoms with E-state index in [1.807, 2.05) is 27.8 Å². The van der Waals surface area contributed by atoms with Crippen molar-refractivity contribution in [3.63, 3.8) is 0 Å². The van der Waals surface area contributed by atoms with Gasteiger partial charge in [0.25, 0.3) is 5.91 Å². The molecule has 0 radical (unpaired) electrons. The summed E-state index contributed by atoms with van der Waals surface area (Å²) in [5.74, 6) is 2.00. The lowest BCUT2D eigenvalue weighted by Crippen LogP contribution is -2.31. The summed E-state index contributed by atoms with van der Waals surface area (Å²) in [5.41, 5.74) is 3.30. The van der Waals surface area contributed by atoms with Crippen LogP contribution in [0.1, 0.15) is 66.7 Å². The molecule has 0 spiro atoms. The van der Waals surface area contributed by atoms with Crippen LogP contribution in [0.25, 0.3) is 10.2 Å². The lowest BCUT2D eigenvalue weighted by molar-refractivity contribution is 0.0943. The van der Waals surface area contributed by atoms with E-state index in [0.717, 1.165) is 33.7 Å². The number of hydrogen-bond acceptors (Lipinski definition) is 5. The van der Waals surface area contributed by atoms with Crippen molar-refractivity contribution < 1.29 is 4.79 Å². The number of nitrogens with one attached hydrogen (secondary N) is 1. The van der Waals surface area contributed by atoms with E-state index in [1.165, 1.54) is 16.9 Å². The van der Waals surface area contributed by atoms with Gasteiger partial charge in [-0.25, -0.2) is 9.97 Å². The number of rotatable bonds is 6. The first-order valence-corrected chi connectivity index (χ1v) is 11.0. The Morgan fingerprint density at radius 1 is 1.14 bits per heavy atom. The number of aryl methyl sites for hydroxylation is 2. The number of anilines is 2. The summed E-state index contributed by atoms with van der Waals surface area (Å²) >= 11 is 1.44. The van der Waals surface area contributed by atoms with Crippen LogP contribution in [0.3, 0.4) is 0 Å². The summed E-state index contributed by atoms with van der Waals surface area (Å²) in [6.45, 7) is 12.3. The predicted molar refractivity (Wildman–Crippen MR) is 123 cm³/mol. The molecule has 3 aromatic rings. The van der Waals surface area contributed by atoms with Crippen LogP contribution in [-0.4, -0.2) is 29.0 Å². The van der Waals surface area contributed by atoms with Crippen molar-refractivity contribution >= 4 is 39.0 Å². The largest absolute Gasteiger partial charge is 0.349 e. The number of thiophene rings is 1. The van der Waals surface area contributed by atoms with Crippen molar-refractivity contribution in [3.05, 3.63) is 46.1 Å². The topological polar surface area (TPSA) is 58.1 Å². The first-order valence-electron chi connectivity index (χ1n) is 10.1. The molecule has 2 aromatic heterocycles. The molecule has 5 nitrogen and oxygen atoms in total. The normalized spacial score (nSPS) is 12.4. The maximum atomic E-state index is 12.8. The summed E-state index contributed by atoms with van der Waals surface area (Å²) in [5, 5.41) is 4.02. The van der Waals surface area contributed by atoms with Gasteiger partial charge in [0.05, 0.1) is 10.3 Å². The summed E-state index contributed by atoms with van der Waals surface area (Å²) < 4.78 is 0. The van der Waals surface area contributed by atoms with Gasteiger partial charge in [0.2, 0.25) is 0 Å². The third-order valence-corrected chi connectivity index (χ3v) is 6.53. The van der Waals surface area contributed by atoms with Crippen LogP contribution in [0, 0.1) is 13.8 Å². The van der Waals surface area contributed by atoms with Crippen molar-refractivity contribution in [2.24, 2.45) is 0 Å². The lowest BCUT2D eigenvalue weighted by atomic mass is 10.0. The second-order valence-corrected chi connectivity index (χ2v) is 8.92. The highest BCUT2D eigenvalue weighted by molar-refractivity contribution is 7.20. The molecule has 1 atom stereocenters. The fourth-order valence-electron chi connectivity index (χ4n) is 3.28. The molecule has 1 aromatic carbocycles. The highest BCUT2D eigenvalue weighted by Gasteiger charge is 2.22. The zero-order chi connectivity index (χ0) is 21.3. The molecule has 1 N–H and O–H groups in total.